The molecule has 126 valence electrons. The number of rotatable bonds is 4. The van der Waals surface area contributed by atoms with Crippen LogP contribution in [0.2, 0.25) is 19.6 Å². The average Bonchev–Trinajstić information content (AvgIpc) is 3.15. The smallest absolute Gasteiger partial charge is 0.344 e. The molecule has 0 N–H and O–H groups in total. The van der Waals surface area contributed by atoms with Crippen molar-refractivity contribution in [3.05, 3.63) is 35.9 Å². The predicted octanol–water partition coefficient (Wildman–Crippen LogP) is 5.18. The van der Waals surface area contributed by atoms with Crippen LogP contribution in [0.4, 0.5) is 13.2 Å². The zero-order valence-corrected chi connectivity index (χ0v) is 15.1. The van der Waals surface area contributed by atoms with Crippen LogP contribution in [0.3, 0.4) is 0 Å². The lowest BCUT2D eigenvalue weighted by molar-refractivity contribution is -0.167. The summed E-state index contributed by atoms with van der Waals surface area (Å²) in [4.78, 5) is 0. The first-order valence-electron chi connectivity index (χ1n) is 7.95. The van der Waals surface area contributed by atoms with Gasteiger partial charge in [0.05, 0.1) is 8.07 Å². The van der Waals surface area contributed by atoms with Crippen LogP contribution in [-0.4, -0.2) is 25.1 Å². The van der Waals surface area contributed by atoms with Crippen LogP contribution in [0.1, 0.15) is 31.7 Å². The molecule has 0 saturated carbocycles. The van der Waals surface area contributed by atoms with Crippen LogP contribution in [0, 0.1) is 11.8 Å². The first-order valence-corrected chi connectivity index (χ1v) is 11.4. The summed E-state index contributed by atoms with van der Waals surface area (Å²) >= 11 is 0. The van der Waals surface area contributed by atoms with Gasteiger partial charge in [0.1, 0.15) is 5.22 Å². The van der Waals surface area contributed by atoms with Crippen molar-refractivity contribution in [2.24, 2.45) is 0 Å². The van der Waals surface area contributed by atoms with Gasteiger partial charge in [0, 0.05) is 5.56 Å². The molecule has 1 aromatic carbocycles. The van der Waals surface area contributed by atoms with Crippen molar-refractivity contribution in [1.29, 1.82) is 0 Å². The van der Waals surface area contributed by atoms with Crippen molar-refractivity contribution >= 4 is 8.07 Å². The molecule has 1 aliphatic heterocycles. The predicted molar refractivity (Wildman–Crippen MR) is 88.8 cm³/mol. The van der Waals surface area contributed by atoms with Gasteiger partial charge in [-0.3, -0.25) is 0 Å². The monoisotopic (exact) mass is 340 g/mol. The van der Waals surface area contributed by atoms with Crippen molar-refractivity contribution in [3.8, 4) is 11.8 Å². The van der Waals surface area contributed by atoms with Crippen molar-refractivity contribution in [1.82, 2.24) is 0 Å². The number of benzene rings is 1. The molecule has 1 saturated heterocycles. The second-order valence-electron chi connectivity index (χ2n) is 7.08. The number of hydrogen-bond donors (Lipinski definition) is 0. The van der Waals surface area contributed by atoms with E-state index in [4.69, 9.17) is 4.74 Å². The van der Waals surface area contributed by atoms with Crippen molar-refractivity contribution in [3.63, 3.8) is 0 Å². The molecule has 0 spiro atoms. The summed E-state index contributed by atoms with van der Waals surface area (Å²) in [6.07, 6.45) is -2.50. The van der Waals surface area contributed by atoms with Crippen molar-refractivity contribution in [2.45, 2.75) is 62.8 Å². The van der Waals surface area contributed by atoms with Gasteiger partial charge in [0.2, 0.25) is 0 Å². The summed E-state index contributed by atoms with van der Waals surface area (Å²) in [5.41, 5.74) is -1.73. The van der Waals surface area contributed by atoms with Gasteiger partial charge in [0.15, 0.2) is 0 Å². The van der Waals surface area contributed by atoms with E-state index in [1.54, 1.807) is 24.3 Å². The molecule has 23 heavy (non-hydrogen) atoms. The maximum atomic E-state index is 13.8. The van der Waals surface area contributed by atoms with Crippen LogP contribution < -0.4 is 0 Å². The Morgan fingerprint density at radius 1 is 1.13 bits per heavy atom. The van der Waals surface area contributed by atoms with E-state index in [0.717, 1.165) is 12.8 Å². The van der Waals surface area contributed by atoms with E-state index in [1.165, 1.54) is 0 Å². The lowest BCUT2D eigenvalue weighted by Gasteiger charge is -2.29. The quantitative estimate of drug-likeness (QED) is 0.418. The Bertz CT molecular complexity index is 609. The number of halogens is 3. The van der Waals surface area contributed by atoms with Crippen LogP contribution in [-0.2, 0) is 4.74 Å². The number of epoxide rings is 1. The Labute approximate surface area is 137 Å². The van der Waals surface area contributed by atoms with E-state index < -0.39 is 25.1 Å². The van der Waals surface area contributed by atoms with Gasteiger partial charge in [-0.2, -0.15) is 13.2 Å². The highest BCUT2D eigenvalue weighted by molar-refractivity contribution is 6.80. The van der Waals surface area contributed by atoms with Crippen LogP contribution in [0.25, 0.3) is 0 Å². The Kier molecular flexibility index (Phi) is 4.71. The number of alkyl halides is 3. The lowest BCUT2D eigenvalue weighted by Crippen LogP contribution is -2.52. The Morgan fingerprint density at radius 3 is 2.22 bits per heavy atom. The minimum atomic E-state index is -4.48. The fourth-order valence-corrected chi connectivity index (χ4v) is 5.76. The van der Waals surface area contributed by atoms with Gasteiger partial charge < -0.3 is 4.74 Å². The van der Waals surface area contributed by atoms with Gasteiger partial charge in [0.25, 0.3) is 5.60 Å². The summed E-state index contributed by atoms with van der Waals surface area (Å²) in [6.45, 7) is 7.77. The molecular formula is C18H23F3OSi. The molecule has 5 heteroatoms. The van der Waals surface area contributed by atoms with Crippen LogP contribution >= 0.6 is 0 Å². The molecule has 1 nitrogen and oxygen atoms in total. The maximum absolute atomic E-state index is 13.8. The minimum Gasteiger partial charge on any atom is -0.344 e. The normalized spacial score (nSPS) is 27.3. The molecule has 0 radical (unpaired) electrons. The second kappa shape index (κ2) is 5.99. The molecule has 1 aliphatic rings. The largest absolute Gasteiger partial charge is 0.431 e. The topological polar surface area (TPSA) is 12.5 Å². The molecule has 2 rings (SSSR count). The van der Waals surface area contributed by atoms with E-state index in [1.807, 2.05) is 32.6 Å². The summed E-state index contributed by atoms with van der Waals surface area (Å²) in [6, 6.07) is 8.76. The fraction of sp³-hybridized carbons (Fsp3) is 0.556. The molecule has 1 fully saturated rings. The molecule has 0 unspecified atom stereocenters. The fourth-order valence-electron chi connectivity index (χ4n) is 3.11. The highest BCUT2D eigenvalue weighted by Crippen LogP contribution is 2.63. The zero-order chi connectivity index (χ0) is 17.4. The molecule has 1 heterocycles. The highest BCUT2D eigenvalue weighted by Gasteiger charge is 2.85. The Hall–Kier alpha value is -1.25. The lowest BCUT2D eigenvalue weighted by atomic mass is 9.99. The van der Waals surface area contributed by atoms with E-state index in [0.29, 0.717) is 12.0 Å². The van der Waals surface area contributed by atoms with Gasteiger partial charge in [-0.05, 0) is 18.6 Å². The van der Waals surface area contributed by atoms with Crippen molar-refractivity contribution in [2.75, 3.05) is 0 Å². The first-order chi connectivity index (χ1) is 10.6. The van der Waals surface area contributed by atoms with Gasteiger partial charge >= 0.3 is 6.18 Å². The van der Waals surface area contributed by atoms with Gasteiger partial charge in [-0.1, -0.05) is 69.4 Å². The van der Waals surface area contributed by atoms with E-state index in [9.17, 15) is 13.2 Å². The third-order valence-electron chi connectivity index (χ3n) is 4.50. The number of hydrogen-bond acceptors (Lipinski definition) is 1. The highest BCUT2D eigenvalue weighted by atomic mass is 28.3. The number of unbranched alkanes of at least 4 members (excludes halogenated alkanes) is 1. The molecule has 0 aromatic heterocycles. The third-order valence-corrected chi connectivity index (χ3v) is 7.63. The molecule has 1 aromatic rings. The molecule has 0 aliphatic carbocycles. The summed E-state index contributed by atoms with van der Waals surface area (Å²) in [7, 11) is -2.24. The average molecular weight is 340 g/mol. The van der Waals surface area contributed by atoms with E-state index in [2.05, 4.69) is 11.8 Å². The third kappa shape index (κ3) is 3.07. The second-order valence-corrected chi connectivity index (χ2v) is 12.4. The summed E-state index contributed by atoms with van der Waals surface area (Å²) in [5, 5.41) is -1.14. The zero-order valence-electron chi connectivity index (χ0n) is 14.1. The molecule has 0 bridgehead atoms. The maximum Gasteiger partial charge on any atom is 0.431 e. The summed E-state index contributed by atoms with van der Waals surface area (Å²) in [5.74, 6) is 5.15. The Morgan fingerprint density at radius 2 is 1.74 bits per heavy atom. The number of ether oxygens (including phenoxy) is 1. The summed E-state index contributed by atoms with van der Waals surface area (Å²) < 4.78 is 47.0. The van der Waals surface area contributed by atoms with Gasteiger partial charge in [-0.15, -0.1) is 0 Å². The van der Waals surface area contributed by atoms with E-state index in [-0.39, 0.29) is 0 Å². The molecule has 0 amide bonds. The van der Waals surface area contributed by atoms with Gasteiger partial charge in [-0.25, -0.2) is 0 Å². The molecular weight excluding hydrogens is 317 g/mol. The first kappa shape index (κ1) is 18.1. The minimum absolute atomic E-state index is 0.419. The Balaban J connectivity index is 2.46. The van der Waals surface area contributed by atoms with E-state index >= 15 is 0 Å². The van der Waals surface area contributed by atoms with Crippen LogP contribution in [0.15, 0.2) is 30.3 Å². The van der Waals surface area contributed by atoms with Crippen molar-refractivity contribution < 1.29 is 17.9 Å². The van der Waals surface area contributed by atoms with Crippen LogP contribution in [0.5, 0.6) is 0 Å². The molecule has 2 atom stereocenters. The standard InChI is InChI=1S/C18H23F3OSi/c1-5-6-13-17(23(2,3)4)16(22-17,18(19,20)21)14-12-15-10-8-7-9-11-15/h7-11H,5-6,13H2,1-4H3/t16-,17-/m0/s1. The SMILES string of the molecule is CCCC[C@@]1([Si](C)(C)C)O[C@]1(C#Cc1ccccc1)C(F)(F)F.